The van der Waals surface area contributed by atoms with Crippen molar-refractivity contribution in [2.45, 2.75) is 12.8 Å². The maximum Gasteiger partial charge on any atom is 0.141 e. The summed E-state index contributed by atoms with van der Waals surface area (Å²) in [5.74, 6) is -0.545. The summed E-state index contributed by atoms with van der Waals surface area (Å²) in [7, 11) is 0. The molecule has 88 valence electrons. The van der Waals surface area contributed by atoms with Gasteiger partial charge in [-0.3, -0.25) is 4.79 Å². The van der Waals surface area contributed by atoms with Crippen LogP contribution in [-0.4, -0.2) is 5.78 Å². The van der Waals surface area contributed by atoms with E-state index >= 15 is 0 Å². The molecule has 0 N–H and O–H groups in total. The second-order valence-corrected chi connectivity index (χ2v) is 4.13. The van der Waals surface area contributed by atoms with Crippen LogP contribution in [0.2, 0.25) is 5.02 Å². The van der Waals surface area contributed by atoms with Crippen LogP contribution in [-0.2, 0) is 17.6 Å². The first-order chi connectivity index (χ1) is 8.16. The van der Waals surface area contributed by atoms with E-state index < -0.39 is 5.82 Å². The molecule has 0 aliphatic heterocycles. The molecular formula is C13H10ClFO2. The molecule has 1 aromatic heterocycles. The minimum absolute atomic E-state index is 0.00329. The average molecular weight is 253 g/mol. The van der Waals surface area contributed by atoms with E-state index in [4.69, 9.17) is 16.0 Å². The fourth-order valence-corrected chi connectivity index (χ4v) is 1.81. The number of hydrogen-bond acceptors (Lipinski definition) is 2. The third-order valence-corrected chi connectivity index (χ3v) is 2.77. The molecule has 17 heavy (non-hydrogen) atoms. The van der Waals surface area contributed by atoms with Gasteiger partial charge in [0.1, 0.15) is 11.6 Å². The smallest absolute Gasteiger partial charge is 0.141 e. The number of carbonyl (C=O) groups is 1. The first kappa shape index (κ1) is 11.9. The molecule has 0 fully saturated rings. The molecule has 0 saturated carbocycles. The van der Waals surface area contributed by atoms with Gasteiger partial charge in [0.05, 0.1) is 12.5 Å². The Morgan fingerprint density at radius 1 is 1.29 bits per heavy atom. The molecule has 2 rings (SSSR count). The lowest BCUT2D eigenvalue weighted by Gasteiger charge is -2.04. The van der Waals surface area contributed by atoms with Crippen molar-refractivity contribution in [3.63, 3.8) is 0 Å². The van der Waals surface area contributed by atoms with Crippen LogP contribution in [0, 0.1) is 5.82 Å². The van der Waals surface area contributed by atoms with Gasteiger partial charge in [-0.15, -0.1) is 0 Å². The number of Topliss-reactive ketones (excluding diaryl/α,β-unsaturated/α-hetero) is 1. The first-order valence-corrected chi connectivity index (χ1v) is 5.50. The summed E-state index contributed by atoms with van der Waals surface area (Å²) >= 11 is 5.84. The molecule has 0 aliphatic carbocycles. The molecule has 0 atom stereocenters. The Labute approximate surface area is 103 Å². The first-order valence-electron chi connectivity index (χ1n) is 5.12. The van der Waals surface area contributed by atoms with E-state index in [-0.39, 0.29) is 29.2 Å². The largest absolute Gasteiger partial charge is 0.472 e. The molecule has 1 heterocycles. The number of halogens is 2. The van der Waals surface area contributed by atoms with E-state index in [0.29, 0.717) is 0 Å². The summed E-state index contributed by atoms with van der Waals surface area (Å²) in [6.45, 7) is 0. The minimum Gasteiger partial charge on any atom is -0.472 e. The lowest BCUT2D eigenvalue weighted by Crippen LogP contribution is -2.08. The van der Waals surface area contributed by atoms with Gasteiger partial charge >= 0.3 is 0 Å². The van der Waals surface area contributed by atoms with Crippen molar-refractivity contribution < 1.29 is 13.6 Å². The van der Waals surface area contributed by atoms with Crippen molar-refractivity contribution in [1.82, 2.24) is 0 Å². The zero-order valence-electron chi connectivity index (χ0n) is 8.95. The summed E-state index contributed by atoms with van der Waals surface area (Å²) in [4.78, 5) is 11.7. The molecule has 4 heteroatoms. The van der Waals surface area contributed by atoms with Crippen molar-refractivity contribution in [3.8, 4) is 0 Å². The van der Waals surface area contributed by atoms with Crippen LogP contribution >= 0.6 is 11.6 Å². The van der Waals surface area contributed by atoms with Crippen molar-refractivity contribution in [1.29, 1.82) is 0 Å². The maximum absolute atomic E-state index is 13.4. The highest BCUT2D eigenvalue weighted by Gasteiger charge is 2.12. The predicted octanol–water partition coefficient (Wildman–Crippen LogP) is 3.43. The monoisotopic (exact) mass is 252 g/mol. The number of ketones is 1. The predicted molar refractivity (Wildman–Crippen MR) is 62.5 cm³/mol. The van der Waals surface area contributed by atoms with Gasteiger partial charge in [-0.25, -0.2) is 4.39 Å². The topological polar surface area (TPSA) is 30.2 Å². The molecule has 0 bridgehead atoms. The van der Waals surface area contributed by atoms with Crippen LogP contribution in [0.5, 0.6) is 0 Å². The third-order valence-electron chi connectivity index (χ3n) is 2.42. The number of carbonyl (C=O) groups excluding carboxylic acids is 1. The molecule has 1 aromatic carbocycles. The van der Waals surface area contributed by atoms with Crippen molar-refractivity contribution in [3.05, 3.63) is 58.8 Å². The van der Waals surface area contributed by atoms with Crippen LogP contribution in [0.4, 0.5) is 4.39 Å². The Kier molecular flexibility index (Phi) is 3.59. The lowest BCUT2D eigenvalue weighted by atomic mass is 10.0. The van der Waals surface area contributed by atoms with Crippen molar-refractivity contribution in [2.24, 2.45) is 0 Å². The van der Waals surface area contributed by atoms with Crippen molar-refractivity contribution in [2.75, 3.05) is 0 Å². The van der Waals surface area contributed by atoms with Gasteiger partial charge in [-0.05, 0) is 23.8 Å². The fraction of sp³-hybridized carbons (Fsp3) is 0.154. The Bertz CT molecular complexity index is 500. The molecule has 2 nitrogen and oxygen atoms in total. The quantitative estimate of drug-likeness (QED) is 0.835. The molecule has 2 aromatic rings. The Balaban J connectivity index is 2.08. The van der Waals surface area contributed by atoms with Gasteiger partial charge in [0, 0.05) is 23.4 Å². The van der Waals surface area contributed by atoms with E-state index in [1.54, 1.807) is 12.1 Å². The Morgan fingerprint density at radius 2 is 2.12 bits per heavy atom. The van der Waals surface area contributed by atoms with E-state index in [2.05, 4.69) is 0 Å². The van der Waals surface area contributed by atoms with Crippen LogP contribution in [0.15, 0.2) is 41.2 Å². The Morgan fingerprint density at radius 3 is 2.76 bits per heavy atom. The SMILES string of the molecule is O=C(Cc1ccoc1)Cc1c(F)cccc1Cl. The maximum atomic E-state index is 13.4. The highest BCUT2D eigenvalue weighted by molar-refractivity contribution is 6.31. The second-order valence-electron chi connectivity index (χ2n) is 3.72. The number of hydrogen-bond donors (Lipinski definition) is 0. The average Bonchev–Trinajstić information content (AvgIpc) is 2.76. The van der Waals surface area contributed by atoms with Gasteiger partial charge in [-0.1, -0.05) is 17.7 Å². The molecule has 0 aliphatic rings. The van der Waals surface area contributed by atoms with Gasteiger partial charge in [0.15, 0.2) is 0 Å². The van der Waals surface area contributed by atoms with Crippen LogP contribution in [0.3, 0.4) is 0 Å². The van der Waals surface area contributed by atoms with Crippen molar-refractivity contribution >= 4 is 17.4 Å². The summed E-state index contributed by atoms with van der Waals surface area (Å²) in [5.41, 5.74) is 1.03. The lowest BCUT2D eigenvalue weighted by molar-refractivity contribution is -0.117. The molecule has 0 saturated heterocycles. The zero-order valence-corrected chi connectivity index (χ0v) is 9.71. The van der Waals surface area contributed by atoms with Gasteiger partial charge in [0.2, 0.25) is 0 Å². The highest BCUT2D eigenvalue weighted by atomic mass is 35.5. The number of benzene rings is 1. The normalized spacial score (nSPS) is 10.5. The second kappa shape index (κ2) is 5.15. The fourth-order valence-electron chi connectivity index (χ4n) is 1.58. The standard InChI is InChI=1S/C13H10ClFO2/c14-12-2-1-3-13(15)11(12)7-10(16)6-9-4-5-17-8-9/h1-5,8H,6-7H2. The van der Waals surface area contributed by atoms with Crippen LogP contribution < -0.4 is 0 Å². The van der Waals surface area contributed by atoms with Gasteiger partial charge in [0.25, 0.3) is 0 Å². The number of rotatable bonds is 4. The van der Waals surface area contributed by atoms with Gasteiger partial charge in [-0.2, -0.15) is 0 Å². The summed E-state index contributed by atoms with van der Waals surface area (Å²) < 4.78 is 18.3. The molecule has 0 spiro atoms. The minimum atomic E-state index is -0.446. The zero-order chi connectivity index (χ0) is 12.3. The van der Waals surface area contributed by atoms with Crippen LogP contribution in [0.1, 0.15) is 11.1 Å². The highest BCUT2D eigenvalue weighted by Crippen LogP contribution is 2.20. The molecule has 0 amide bonds. The summed E-state index contributed by atoms with van der Waals surface area (Å²) in [6.07, 6.45) is 3.22. The molecular weight excluding hydrogens is 243 g/mol. The van der Waals surface area contributed by atoms with E-state index in [0.717, 1.165) is 5.56 Å². The van der Waals surface area contributed by atoms with Gasteiger partial charge < -0.3 is 4.42 Å². The van der Waals surface area contributed by atoms with E-state index in [1.807, 2.05) is 0 Å². The van der Waals surface area contributed by atoms with E-state index in [1.165, 1.54) is 24.7 Å². The van der Waals surface area contributed by atoms with E-state index in [9.17, 15) is 9.18 Å². The number of furan rings is 1. The van der Waals surface area contributed by atoms with Crippen LogP contribution in [0.25, 0.3) is 0 Å². The Hall–Kier alpha value is -1.61. The third kappa shape index (κ3) is 2.94. The molecule has 0 unspecified atom stereocenters. The summed E-state index contributed by atoms with van der Waals surface area (Å²) in [5, 5.41) is 0.283. The summed E-state index contributed by atoms with van der Waals surface area (Å²) in [6, 6.07) is 6.10. The molecule has 0 radical (unpaired) electrons.